The standard InChI is InChI=1S/C5H9N5O3S/c1-10-2-8-3(9-5(6)11)4(10)14(7,12)13/h2H,1H3,(H3,6,9,11)(H2,7,12,13). The third-order valence-electron chi connectivity index (χ3n) is 1.39. The number of anilines is 1. The van der Waals surface area contributed by atoms with Gasteiger partial charge >= 0.3 is 6.03 Å². The molecule has 1 aromatic heterocycles. The number of carbonyl (C=O) groups excluding carboxylic acids is 1. The van der Waals surface area contributed by atoms with Gasteiger partial charge in [0.2, 0.25) is 0 Å². The van der Waals surface area contributed by atoms with Crippen LogP contribution in [0.5, 0.6) is 0 Å². The fraction of sp³-hybridized carbons (Fsp3) is 0.200. The summed E-state index contributed by atoms with van der Waals surface area (Å²) in [6.07, 6.45) is 1.20. The van der Waals surface area contributed by atoms with Crippen molar-refractivity contribution in [2.75, 3.05) is 5.32 Å². The molecule has 1 rings (SSSR count). The first kappa shape index (κ1) is 10.5. The van der Waals surface area contributed by atoms with Gasteiger partial charge in [0.05, 0.1) is 6.33 Å². The van der Waals surface area contributed by atoms with E-state index in [0.29, 0.717) is 0 Å². The van der Waals surface area contributed by atoms with Crippen molar-refractivity contribution in [2.45, 2.75) is 5.03 Å². The van der Waals surface area contributed by atoms with Crippen molar-refractivity contribution < 1.29 is 13.2 Å². The van der Waals surface area contributed by atoms with E-state index in [-0.39, 0.29) is 10.8 Å². The average Bonchev–Trinajstić information content (AvgIpc) is 2.28. The fourth-order valence-corrected chi connectivity index (χ4v) is 1.78. The Morgan fingerprint density at radius 2 is 2.21 bits per heavy atom. The Balaban J connectivity index is 3.27. The molecule has 2 amide bonds. The summed E-state index contributed by atoms with van der Waals surface area (Å²) in [5.74, 6) is -0.178. The first-order chi connectivity index (χ1) is 6.32. The molecule has 1 heterocycles. The number of aryl methyl sites for hydroxylation is 1. The van der Waals surface area contributed by atoms with Gasteiger partial charge < -0.3 is 10.3 Å². The zero-order valence-electron chi connectivity index (χ0n) is 7.26. The summed E-state index contributed by atoms with van der Waals surface area (Å²) in [6.45, 7) is 0. The summed E-state index contributed by atoms with van der Waals surface area (Å²) in [7, 11) is -2.51. The number of aromatic nitrogens is 2. The van der Waals surface area contributed by atoms with Crippen LogP contribution in [0.25, 0.3) is 0 Å². The van der Waals surface area contributed by atoms with Crippen LogP contribution in [0.4, 0.5) is 10.6 Å². The molecule has 0 radical (unpaired) electrons. The Bertz CT molecular complexity index is 462. The van der Waals surface area contributed by atoms with E-state index in [1.807, 2.05) is 5.32 Å². The van der Waals surface area contributed by atoms with Crippen molar-refractivity contribution in [3.05, 3.63) is 6.33 Å². The molecule has 78 valence electrons. The number of amides is 2. The summed E-state index contributed by atoms with van der Waals surface area (Å²) in [6, 6.07) is -0.909. The van der Waals surface area contributed by atoms with Gasteiger partial charge in [-0.15, -0.1) is 0 Å². The van der Waals surface area contributed by atoms with E-state index >= 15 is 0 Å². The quantitative estimate of drug-likeness (QED) is 0.561. The molecular formula is C5H9N5O3S. The van der Waals surface area contributed by atoms with Crippen LogP contribution in [0.1, 0.15) is 0 Å². The third kappa shape index (κ3) is 2.00. The summed E-state index contributed by atoms with van der Waals surface area (Å²) in [5.41, 5.74) is 4.81. The molecule has 0 aromatic carbocycles. The van der Waals surface area contributed by atoms with Crippen molar-refractivity contribution in [1.29, 1.82) is 0 Å². The van der Waals surface area contributed by atoms with Crippen LogP contribution >= 0.6 is 0 Å². The lowest BCUT2D eigenvalue weighted by atomic mass is 10.7. The van der Waals surface area contributed by atoms with Crippen molar-refractivity contribution in [1.82, 2.24) is 9.55 Å². The fourth-order valence-electron chi connectivity index (χ4n) is 0.957. The predicted molar refractivity (Wildman–Crippen MR) is 47.8 cm³/mol. The second-order valence-corrected chi connectivity index (χ2v) is 4.02. The molecule has 0 unspecified atom stereocenters. The van der Waals surface area contributed by atoms with Gasteiger partial charge in [0.15, 0.2) is 10.8 Å². The van der Waals surface area contributed by atoms with Crippen LogP contribution in [0, 0.1) is 0 Å². The second kappa shape index (κ2) is 3.27. The first-order valence-electron chi connectivity index (χ1n) is 3.43. The topological polar surface area (TPSA) is 133 Å². The first-order valence-corrected chi connectivity index (χ1v) is 4.97. The number of sulfonamides is 1. The molecule has 0 aliphatic rings. The number of rotatable bonds is 2. The highest BCUT2D eigenvalue weighted by Crippen LogP contribution is 2.16. The number of hydrogen-bond acceptors (Lipinski definition) is 4. The molecular weight excluding hydrogens is 210 g/mol. The maximum atomic E-state index is 11.0. The minimum atomic E-state index is -3.94. The number of nitrogens with two attached hydrogens (primary N) is 2. The number of imidazole rings is 1. The van der Waals surface area contributed by atoms with Crippen LogP contribution < -0.4 is 16.2 Å². The van der Waals surface area contributed by atoms with Gasteiger partial charge in [0.1, 0.15) is 0 Å². The van der Waals surface area contributed by atoms with Gasteiger partial charge in [-0.05, 0) is 0 Å². The lowest BCUT2D eigenvalue weighted by Gasteiger charge is -2.02. The van der Waals surface area contributed by atoms with Gasteiger partial charge in [-0.1, -0.05) is 0 Å². The molecule has 0 aliphatic carbocycles. The molecule has 8 nitrogen and oxygen atoms in total. The molecule has 0 atom stereocenters. The van der Waals surface area contributed by atoms with Crippen molar-refractivity contribution >= 4 is 21.9 Å². The molecule has 0 saturated carbocycles. The van der Waals surface area contributed by atoms with Gasteiger partial charge in [-0.3, -0.25) is 5.32 Å². The van der Waals surface area contributed by atoms with Crippen LogP contribution in [0.15, 0.2) is 11.4 Å². The minimum absolute atomic E-state index is 0.178. The summed E-state index contributed by atoms with van der Waals surface area (Å²) < 4.78 is 23.3. The number of nitrogens with zero attached hydrogens (tertiary/aromatic N) is 2. The molecule has 0 bridgehead atoms. The van der Waals surface area contributed by atoms with Crippen molar-refractivity contribution in [2.24, 2.45) is 17.9 Å². The van der Waals surface area contributed by atoms with E-state index in [4.69, 9.17) is 10.9 Å². The van der Waals surface area contributed by atoms with Gasteiger partial charge in [-0.2, -0.15) is 0 Å². The molecule has 14 heavy (non-hydrogen) atoms. The highest BCUT2D eigenvalue weighted by atomic mass is 32.2. The maximum absolute atomic E-state index is 11.0. The monoisotopic (exact) mass is 219 g/mol. The normalized spacial score (nSPS) is 11.3. The Morgan fingerprint density at radius 3 is 2.64 bits per heavy atom. The summed E-state index contributed by atoms with van der Waals surface area (Å²) in [5, 5.41) is 6.65. The van der Waals surface area contributed by atoms with Crippen molar-refractivity contribution in [3.63, 3.8) is 0 Å². The maximum Gasteiger partial charge on any atom is 0.317 e. The Morgan fingerprint density at radius 1 is 1.64 bits per heavy atom. The van der Waals surface area contributed by atoms with Crippen LogP contribution in [0.3, 0.4) is 0 Å². The number of hydrogen-bond donors (Lipinski definition) is 3. The van der Waals surface area contributed by atoms with Crippen LogP contribution in [0.2, 0.25) is 0 Å². The lowest BCUT2D eigenvalue weighted by molar-refractivity contribution is 0.259. The molecule has 5 N–H and O–H groups in total. The third-order valence-corrected chi connectivity index (χ3v) is 2.41. The zero-order valence-corrected chi connectivity index (χ0v) is 8.08. The molecule has 0 spiro atoms. The van der Waals surface area contributed by atoms with Gasteiger partial charge in [0.25, 0.3) is 10.0 Å². The van der Waals surface area contributed by atoms with E-state index in [1.165, 1.54) is 17.9 Å². The van der Waals surface area contributed by atoms with E-state index in [0.717, 1.165) is 0 Å². The molecule has 0 saturated heterocycles. The SMILES string of the molecule is Cn1cnc(NC(N)=O)c1S(N)(=O)=O. The number of urea groups is 1. The molecule has 0 aliphatic heterocycles. The zero-order chi connectivity index (χ0) is 10.9. The number of nitrogens with one attached hydrogen (secondary N) is 1. The average molecular weight is 219 g/mol. The Labute approximate surface area is 80.0 Å². The molecule has 0 fully saturated rings. The lowest BCUT2D eigenvalue weighted by Crippen LogP contribution is -2.23. The van der Waals surface area contributed by atoms with Gasteiger partial charge in [-0.25, -0.2) is 23.3 Å². The van der Waals surface area contributed by atoms with E-state index in [9.17, 15) is 13.2 Å². The second-order valence-electron chi connectivity index (χ2n) is 2.54. The highest BCUT2D eigenvalue weighted by Gasteiger charge is 2.20. The number of primary amides is 1. The van der Waals surface area contributed by atoms with E-state index in [1.54, 1.807) is 0 Å². The largest absolute Gasteiger partial charge is 0.351 e. The predicted octanol–water partition coefficient (Wildman–Crippen LogP) is -1.44. The summed E-state index contributed by atoms with van der Waals surface area (Å²) >= 11 is 0. The van der Waals surface area contributed by atoms with Crippen LogP contribution in [-0.2, 0) is 17.1 Å². The van der Waals surface area contributed by atoms with E-state index < -0.39 is 16.1 Å². The van der Waals surface area contributed by atoms with Crippen molar-refractivity contribution in [3.8, 4) is 0 Å². The Kier molecular flexibility index (Phi) is 2.45. The van der Waals surface area contributed by atoms with Gasteiger partial charge in [0, 0.05) is 7.05 Å². The van der Waals surface area contributed by atoms with E-state index in [2.05, 4.69) is 4.98 Å². The smallest absolute Gasteiger partial charge is 0.317 e. The highest BCUT2D eigenvalue weighted by molar-refractivity contribution is 7.89. The number of primary sulfonamides is 1. The molecule has 1 aromatic rings. The Hall–Kier alpha value is -1.61. The number of carbonyl (C=O) groups is 1. The summed E-state index contributed by atoms with van der Waals surface area (Å²) in [4.78, 5) is 14.1. The minimum Gasteiger partial charge on any atom is -0.351 e. The van der Waals surface area contributed by atoms with Crippen LogP contribution in [-0.4, -0.2) is 24.0 Å². The molecule has 9 heteroatoms.